The van der Waals surface area contributed by atoms with E-state index in [9.17, 15) is 4.79 Å². The van der Waals surface area contributed by atoms with Gasteiger partial charge in [0.05, 0.1) is 61.5 Å². The third-order valence-corrected chi connectivity index (χ3v) is 7.66. The largest absolute Gasteiger partial charge is 1.00 e. The van der Waals surface area contributed by atoms with Crippen LogP contribution in [0.3, 0.4) is 0 Å². The number of amides is 2. The number of rotatable bonds is 4. The SMILES string of the molecule is O=C(N1CCOCC1)N1CC[NH+](CCCN2c3ccccc3Sc3cc(Cl)cnc32)CC1.[Cl-]. The summed E-state index contributed by atoms with van der Waals surface area (Å²) >= 11 is 7.94. The molecule has 1 aromatic carbocycles. The van der Waals surface area contributed by atoms with Crippen LogP contribution >= 0.6 is 23.4 Å². The number of fused-ring (bicyclic) bond motifs is 2. The monoisotopic (exact) mass is 509 g/mol. The van der Waals surface area contributed by atoms with Crippen LogP contribution in [0.15, 0.2) is 46.3 Å². The van der Waals surface area contributed by atoms with Crippen LogP contribution in [-0.2, 0) is 4.74 Å². The molecule has 0 atom stereocenters. The molecule has 5 rings (SSSR count). The zero-order chi connectivity index (χ0) is 21.9. The quantitative estimate of drug-likeness (QED) is 0.595. The van der Waals surface area contributed by atoms with Crippen LogP contribution < -0.4 is 22.2 Å². The van der Waals surface area contributed by atoms with Gasteiger partial charge in [0, 0.05) is 37.1 Å². The predicted octanol–water partition coefficient (Wildman–Crippen LogP) is -0.615. The number of ether oxygens (including phenoxy) is 1. The van der Waals surface area contributed by atoms with Gasteiger partial charge in [-0.05, 0) is 18.2 Å². The number of carbonyl (C=O) groups excluding carboxylic acids is 1. The number of morpholine rings is 1. The summed E-state index contributed by atoms with van der Waals surface area (Å²) < 4.78 is 5.37. The Balaban J connectivity index is 0.00000259. The first-order chi connectivity index (χ1) is 15.7. The van der Waals surface area contributed by atoms with Gasteiger partial charge < -0.3 is 36.7 Å². The highest BCUT2D eigenvalue weighted by atomic mass is 35.5. The molecule has 0 radical (unpaired) electrons. The highest BCUT2D eigenvalue weighted by Crippen LogP contribution is 2.47. The molecule has 0 spiro atoms. The van der Waals surface area contributed by atoms with Crippen molar-refractivity contribution in [1.82, 2.24) is 14.8 Å². The summed E-state index contributed by atoms with van der Waals surface area (Å²) in [5.41, 5.74) is 1.22. The topological polar surface area (TPSA) is 53.4 Å². The Morgan fingerprint density at radius 1 is 1.09 bits per heavy atom. The molecule has 7 nitrogen and oxygen atoms in total. The van der Waals surface area contributed by atoms with Gasteiger partial charge in [0.15, 0.2) is 0 Å². The number of para-hydroxylation sites is 1. The van der Waals surface area contributed by atoms with Crippen LogP contribution in [0.25, 0.3) is 0 Å². The fourth-order valence-electron chi connectivity index (χ4n) is 4.62. The van der Waals surface area contributed by atoms with E-state index in [1.54, 1.807) is 22.9 Å². The molecule has 2 saturated heterocycles. The van der Waals surface area contributed by atoms with E-state index in [1.807, 2.05) is 15.9 Å². The molecule has 0 saturated carbocycles. The molecular formula is C23H29Cl2N5O2S. The second-order valence-electron chi connectivity index (χ2n) is 8.42. The van der Waals surface area contributed by atoms with Crippen LogP contribution in [-0.4, -0.2) is 86.4 Å². The van der Waals surface area contributed by atoms with E-state index in [0.717, 1.165) is 56.4 Å². The lowest BCUT2D eigenvalue weighted by Gasteiger charge is -2.37. The van der Waals surface area contributed by atoms with Crippen molar-refractivity contribution in [2.75, 3.05) is 70.5 Å². The average Bonchev–Trinajstić information content (AvgIpc) is 2.84. The number of pyridine rings is 1. The Hall–Kier alpha value is -1.71. The molecule has 4 heterocycles. The van der Waals surface area contributed by atoms with E-state index in [1.165, 1.54) is 10.6 Å². The molecule has 33 heavy (non-hydrogen) atoms. The molecule has 2 fully saturated rings. The number of benzene rings is 1. The summed E-state index contributed by atoms with van der Waals surface area (Å²) in [5, 5.41) is 0.671. The Morgan fingerprint density at radius 3 is 2.61 bits per heavy atom. The third kappa shape index (κ3) is 5.52. The zero-order valence-electron chi connectivity index (χ0n) is 18.5. The summed E-state index contributed by atoms with van der Waals surface area (Å²) in [5.74, 6) is 0.994. The van der Waals surface area contributed by atoms with Gasteiger partial charge in [-0.2, -0.15) is 0 Å². The first-order valence-corrected chi connectivity index (χ1v) is 12.5. The molecule has 3 aliphatic rings. The Bertz CT molecular complexity index is 968. The summed E-state index contributed by atoms with van der Waals surface area (Å²) in [6, 6.07) is 10.7. The minimum atomic E-state index is 0. The summed E-state index contributed by atoms with van der Waals surface area (Å²) in [4.78, 5) is 27.5. The van der Waals surface area contributed by atoms with Crippen molar-refractivity contribution in [3.05, 3.63) is 41.6 Å². The molecule has 0 unspecified atom stereocenters. The lowest BCUT2D eigenvalue weighted by Crippen LogP contribution is -3.15. The first kappa shape index (κ1) is 24.4. The van der Waals surface area contributed by atoms with Gasteiger partial charge in [-0.1, -0.05) is 35.5 Å². The molecule has 1 N–H and O–H groups in total. The zero-order valence-corrected chi connectivity index (χ0v) is 20.8. The number of halogens is 2. The average molecular weight is 510 g/mol. The third-order valence-electron chi connectivity index (χ3n) is 6.37. The maximum absolute atomic E-state index is 12.7. The van der Waals surface area contributed by atoms with Crippen LogP contribution in [0.4, 0.5) is 16.3 Å². The van der Waals surface area contributed by atoms with E-state index in [0.29, 0.717) is 31.3 Å². The normalized spacial score (nSPS) is 18.4. The number of quaternary nitrogens is 1. The number of hydrogen-bond donors (Lipinski definition) is 1. The minimum Gasteiger partial charge on any atom is -1.00 e. The Morgan fingerprint density at radius 2 is 1.82 bits per heavy atom. The van der Waals surface area contributed by atoms with Gasteiger partial charge in [-0.15, -0.1) is 0 Å². The van der Waals surface area contributed by atoms with E-state index in [2.05, 4.69) is 34.1 Å². The molecule has 10 heteroatoms. The molecule has 1 aromatic heterocycles. The highest BCUT2D eigenvalue weighted by molar-refractivity contribution is 7.99. The van der Waals surface area contributed by atoms with Gasteiger partial charge >= 0.3 is 6.03 Å². The highest BCUT2D eigenvalue weighted by Gasteiger charge is 2.29. The van der Waals surface area contributed by atoms with E-state index in [-0.39, 0.29) is 18.4 Å². The Labute approximate surface area is 210 Å². The summed E-state index contributed by atoms with van der Waals surface area (Å²) in [6.45, 7) is 8.41. The number of carbonyl (C=O) groups is 1. The van der Waals surface area contributed by atoms with Crippen LogP contribution in [0, 0.1) is 0 Å². The van der Waals surface area contributed by atoms with E-state index in [4.69, 9.17) is 16.3 Å². The molecule has 2 amide bonds. The molecule has 3 aliphatic heterocycles. The molecular weight excluding hydrogens is 481 g/mol. The van der Waals surface area contributed by atoms with Gasteiger partial charge in [0.2, 0.25) is 0 Å². The molecule has 178 valence electrons. The first-order valence-electron chi connectivity index (χ1n) is 11.3. The maximum atomic E-state index is 12.7. The van der Waals surface area contributed by atoms with E-state index < -0.39 is 0 Å². The van der Waals surface area contributed by atoms with Crippen molar-refractivity contribution >= 4 is 40.9 Å². The van der Waals surface area contributed by atoms with Crippen molar-refractivity contribution < 1.29 is 26.8 Å². The van der Waals surface area contributed by atoms with Crippen molar-refractivity contribution in [3.63, 3.8) is 0 Å². The van der Waals surface area contributed by atoms with Gasteiger partial charge in [-0.25, -0.2) is 9.78 Å². The van der Waals surface area contributed by atoms with Gasteiger partial charge in [0.1, 0.15) is 5.82 Å². The lowest BCUT2D eigenvalue weighted by atomic mass is 10.2. The molecule has 0 bridgehead atoms. The van der Waals surface area contributed by atoms with E-state index >= 15 is 0 Å². The van der Waals surface area contributed by atoms with Crippen molar-refractivity contribution in [2.24, 2.45) is 0 Å². The van der Waals surface area contributed by atoms with Gasteiger partial charge in [-0.3, -0.25) is 0 Å². The number of hydrogen-bond acceptors (Lipinski definition) is 5. The smallest absolute Gasteiger partial charge is 0.320 e. The minimum absolute atomic E-state index is 0. The van der Waals surface area contributed by atoms with Crippen LogP contribution in [0.5, 0.6) is 0 Å². The molecule has 0 aliphatic carbocycles. The van der Waals surface area contributed by atoms with Crippen molar-refractivity contribution in [2.45, 2.75) is 16.2 Å². The standard InChI is InChI=1S/C23H28ClN5O2S.ClH/c24-18-16-21-22(25-17-18)29(19-4-1-2-5-20(19)32-21)7-3-6-26-8-10-27(11-9-26)23(30)28-12-14-31-15-13-28;/h1-2,4-5,16-17H,3,6-15H2;1H. The van der Waals surface area contributed by atoms with Crippen molar-refractivity contribution in [1.29, 1.82) is 0 Å². The number of anilines is 2. The number of piperazine rings is 1. The number of urea groups is 1. The summed E-state index contributed by atoms with van der Waals surface area (Å²) in [7, 11) is 0. The van der Waals surface area contributed by atoms with Gasteiger partial charge in [0.25, 0.3) is 0 Å². The number of aromatic nitrogens is 1. The lowest BCUT2D eigenvalue weighted by molar-refractivity contribution is -0.904. The second kappa shape index (κ2) is 11.1. The Kier molecular flexibility index (Phi) is 8.24. The fourth-order valence-corrected chi connectivity index (χ4v) is 5.95. The number of nitrogens with zero attached hydrogens (tertiary/aromatic N) is 4. The van der Waals surface area contributed by atoms with Crippen LogP contribution in [0.2, 0.25) is 5.02 Å². The predicted molar refractivity (Wildman–Crippen MR) is 126 cm³/mol. The summed E-state index contributed by atoms with van der Waals surface area (Å²) in [6.07, 6.45) is 2.80. The van der Waals surface area contributed by atoms with Crippen molar-refractivity contribution in [3.8, 4) is 0 Å². The maximum Gasteiger partial charge on any atom is 0.320 e. The van der Waals surface area contributed by atoms with Crippen LogP contribution in [0.1, 0.15) is 6.42 Å². The second-order valence-corrected chi connectivity index (χ2v) is 9.94. The fraction of sp³-hybridized carbons (Fsp3) is 0.478. The molecule has 2 aromatic rings. The number of nitrogens with one attached hydrogen (secondary N) is 1.